The van der Waals surface area contributed by atoms with Crippen molar-refractivity contribution in [1.29, 1.82) is 0 Å². The van der Waals surface area contributed by atoms with Crippen LogP contribution in [0.2, 0.25) is 0 Å². The molecule has 5 heterocycles. The predicted molar refractivity (Wildman–Crippen MR) is 505 cm³/mol. The molecule has 0 saturated heterocycles. The van der Waals surface area contributed by atoms with Crippen molar-refractivity contribution in [2.45, 2.75) is 150 Å². The van der Waals surface area contributed by atoms with Crippen LogP contribution in [0, 0.1) is 94.0 Å². The van der Waals surface area contributed by atoms with E-state index in [-0.39, 0.29) is 11.5 Å². The topological polar surface area (TPSA) is 19.4 Å². The Balaban J connectivity index is 0.000000170. The summed E-state index contributed by atoms with van der Waals surface area (Å²) in [7, 11) is 9.61. The lowest BCUT2D eigenvalue weighted by atomic mass is 9.87. The summed E-state index contributed by atoms with van der Waals surface area (Å²) < 4.78 is 195. The maximum Gasteiger partial charge on any atom is 0.212 e. The first kappa shape index (κ1) is 61.3. The minimum Gasteiger partial charge on any atom is -0.201 e. The fourth-order valence-corrected chi connectivity index (χ4v) is 14.8. The second-order valence-electron chi connectivity index (χ2n) is 32.4. The molecule has 5 nitrogen and oxygen atoms in total. The second kappa shape index (κ2) is 39.5. The van der Waals surface area contributed by atoms with Gasteiger partial charge >= 0.3 is 0 Å². The molecule has 15 aromatic rings. The number of nitrogens with zero attached hydrogens (tertiary/aromatic N) is 5. The normalized spacial score (nSPS) is 14.9. The maximum absolute atomic E-state index is 8.68. The van der Waals surface area contributed by atoms with Crippen molar-refractivity contribution in [3.63, 3.8) is 0 Å². The summed E-state index contributed by atoms with van der Waals surface area (Å²) in [6.07, 6.45) is 6.34. The van der Waals surface area contributed by atoms with Gasteiger partial charge in [0.15, 0.2) is 31.0 Å². The molecule has 0 aliphatic carbocycles. The van der Waals surface area contributed by atoms with Gasteiger partial charge in [-0.25, -0.2) is 22.8 Å². The van der Waals surface area contributed by atoms with Crippen molar-refractivity contribution in [2.75, 3.05) is 0 Å². The molecule has 0 saturated carbocycles. The van der Waals surface area contributed by atoms with Gasteiger partial charge in [-0.1, -0.05) is 230 Å². The van der Waals surface area contributed by atoms with Crippen molar-refractivity contribution >= 4 is 0 Å². The SMILES string of the molecule is [2H]C([2H])([2H])c1cc(C)c(-c2cc(C([2H])(C)C)cc[n+]2C)cc1-c1ccccc1.[2H]C([2H])([2H])c1cc(C)c(-c2cc(C([2H])([2H])C(C)(C)C)cc[n+]2C)cc1-c1ccccc1.[2H]C([2H])([2H])c1cc(C)c(-c2cc(C([2H])([2H])C(C)C)cc[n+]2C)cc1-c1ccccc1.[2H]C([2H])([2H])c1cc(C)c(-c2cc(C)cc[n+]2C)cc1-c1ccccc1.[2H]C([2H])([2H])c1ccc(-c2cc(-c3ccccc3)c(C([2H])([2H])[2H])cc2C)[n+](C)c1. The highest BCUT2D eigenvalue weighted by Crippen LogP contribution is 2.38. The van der Waals surface area contributed by atoms with Gasteiger partial charge in [0.1, 0.15) is 35.2 Å². The van der Waals surface area contributed by atoms with Crippen molar-refractivity contribution in [3.05, 3.63) is 387 Å². The lowest BCUT2D eigenvalue weighted by molar-refractivity contribution is -0.660. The Kier molecular flexibility index (Phi) is 20.3. The fourth-order valence-electron chi connectivity index (χ4n) is 14.8. The van der Waals surface area contributed by atoms with Crippen LogP contribution < -0.4 is 22.8 Å². The first-order chi connectivity index (χ1) is 65.9. The molecule has 5 heteroatoms. The number of aromatic nitrogens is 5. The van der Waals surface area contributed by atoms with Crippen LogP contribution >= 0.6 is 0 Å². The van der Waals surface area contributed by atoms with Crippen LogP contribution in [0.3, 0.4) is 0 Å². The van der Waals surface area contributed by atoms with Gasteiger partial charge in [0.25, 0.3) is 0 Å². The van der Waals surface area contributed by atoms with E-state index >= 15 is 0 Å². The van der Waals surface area contributed by atoms with Crippen LogP contribution in [0.25, 0.3) is 112 Å². The third-order valence-corrected chi connectivity index (χ3v) is 21.1. The van der Waals surface area contributed by atoms with E-state index in [0.29, 0.717) is 55.6 Å². The van der Waals surface area contributed by atoms with E-state index in [0.717, 1.165) is 129 Å². The fraction of sp³-hybridized carbons (Fsp3) is 0.254. The molecule has 0 bridgehead atoms. The smallest absolute Gasteiger partial charge is 0.201 e. The van der Waals surface area contributed by atoms with Crippen molar-refractivity contribution in [1.82, 2.24) is 0 Å². The van der Waals surface area contributed by atoms with Gasteiger partial charge in [-0.15, -0.1) is 0 Å². The van der Waals surface area contributed by atoms with E-state index in [1.54, 1.807) is 54.2 Å². The Morgan fingerprint density at radius 1 is 0.286 bits per heavy atom. The summed E-state index contributed by atoms with van der Waals surface area (Å²) in [5.41, 5.74) is 26.1. The molecule has 0 fully saturated rings. The lowest BCUT2D eigenvalue weighted by Crippen LogP contribution is -2.31. The lowest BCUT2D eigenvalue weighted by Gasteiger charge is -2.18. The molecular weight excluding hydrogens is 1440 g/mol. The first-order valence-corrected chi connectivity index (χ1v) is 40.4. The van der Waals surface area contributed by atoms with Crippen molar-refractivity contribution < 1.29 is 54.4 Å². The van der Waals surface area contributed by atoms with Crippen molar-refractivity contribution in [3.8, 4) is 112 Å². The van der Waals surface area contributed by atoms with Crippen LogP contribution in [-0.4, -0.2) is 0 Å². The summed E-state index contributed by atoms with van der Waals surface area (Å²) >= 11 is 0. The molecule has 0 N–H and O–H groups in total. The van der Waals surface area contributed by atoms with Gasteiger partial charge in [0.2, 0.25) is 28.5 Å². The zero-order valence-electron chi connectivity index (χ0n) is 95.2. The van der Waals surface area contributed by atoms with E-state index in [1.807, 2.05) is 374 Å². The standard InChI is InChI=1S/C25H30N.C24H28N.C23H26N.2C21H22N/c1-18-14-19(2)23(16-22(18)21-10-8-7-9-11-21)24-15-20(12-13-26(24)6)17-25(3,4)5;1-17(2)13-20-11-12-25(5)24(15-20)23-16-22(18(3)14-19(23)4)21-9-7-6-8-10-21;1-16(2)20-11-12-24(5)23(14-20)22-15-21(17(3)13-18(22)4)19-9-7-6-8-10-19;1-15-10-11-21(22(4)14-15)20-13-19(16(2)12-17(20)3)18-8-6-5-7-9-18;1-15-10-11-22(4)21(12-15)20-14-19(16(2)13-17(20)3)18-8-6-5-7-9-18/h7-16H,17H2,1-6H3;6-12,14-17H,13H2,1-5H3;6-16H,1-5H3;2*5-14H,1-4H3/q5*+1/i1D3,17D2;3D3,13D2;3D3,16D;1D3,2D3;2D3. The largest absolute Gasteiger partial charge is 0.212 e. The van der Waals surface area contributed by atoms with Crippen molar-refractivity contribution in [2.24, 2.45) is 46.6 Å². The zero-order valence-corrected chi connectivity index (χ0v) is 72.2. The van der Waals surface area contributed by atoms with Crippen LogP contribution in [0.5, 0.6) is 0 Å². The van der Waals surface area contributed by atoms with E-state index in [4.69, 9.17) is 31.5 Å². The average molecular weight is 1590 g/mol. The molecule has 0 aliphatic heterocycles. The molecule has 0 amide bonds. The molecule has 0 aliphatic rings. The maximum atomic E-state index is 8.68. The quantitative estimate of drug-likeness (QED) is 0.0967. The predicted octanol–water partition coefficient (Wildman–Crippen LogP) is 26.8. The summed E-state index contributed by atoms with van der Waals surface area (Å²) in [6, 6.07) is 85.3. The molecule has 0 unspecified atom stereocenters. The van der Waals surface area contributed by atoms with E-state index in [1.165, 1.54) is 5.56 Å². The Hall–Kier alpha value is -12.1. The highest BCUT2D eigenvalue weighted by molar-refractivity contribution is 5.81. The van der Waals surface area contributed by atoms with Gasteiger partial charge in [-0.3, -0.25) is 0 Å². The van der Waals surface area contributed by atoms with Gasteiger partial charge in [-0.05, 0) is 283 Å². The zero-order chi connectivity index (χ0) is 105. The summed E-state index contributed by atoms with van der Waals surface area (Å²) in [6.45, 7) is 11.6. The number of hydrogen-bond donors (Lipinski definition) is 0. The molecule has 119 heavy (non-hydrogen) atoms. The Morgan fingerprint density at radius 3 is 0.899 bits per heavy atom. The van der Waals surface area contributed by atoms with Crippen LogP contribution in [-0.2, 0) is 48.0 Å². The van der Waals surface area contributed by atoms with E-state index < -0.39 is 65.2 Å². The minimum atomic E-state index is -2.23. The number of benzene rings is 10. The number of pyridine rings is 5. The highest BCUT2D eigenvalue weighted by Gasteiger charge is 2.24. The van der Waals surface area contributed by atoms with Crippen LogP contribution in [0.15, 0.2) is 304 Å². The first-order valence-electron chi connectivity index (χ1n) is 51.9. The Morgan fingerprint density at radius 2 is 0.588 bits per heavy atom. The summed E-state index contributed by atoms with van der Waals surface area (Å²) in [4.78, 5) is 0. The third-order valence-electron chi connectivity index (χ3n) is 21.1. The highest BCUT2D eigenvalue weighted by atomic mass is 14.9. The molecule has 604 valence electrons. The van der Waals surface area contributed by atoms with E-state index in [9.17, 15) is 0 Å². The molecule has 0 spiro atoms. The minimum absolute atomic E-state index is 0.169. The van der Waals surface area contributed by atoms with Gasteiger partial charge < -0.3 is 0 Å². The van der Waals surface area contributed by atoms with Crippen LogP contribution in [0.4, 0.5) is 0 Å². The molecule has 5 aromatic heterocycles. The Labute approximate surface area is 746 Å². The molecule has 15 rings (SSSR count). The van der Waals surface area contributed by atoms with E-state index in [2.05, 4.69) is 23.6 Å². The van der Waals surface area contributed by atoms with Gasteiger partial charge in [-0.2, -0.15) is 0 Å². The summed E-state index contributed by atoms with van der Waals surface area (Å²) in [5.74, 6) is -0.880. The molecule has 10 aromatic carbocycles. The Bertz CT molecular complexity index is 7010. The van der Waals surface area contributed by atoms with Gasteiger partial charge in [0, 0.05) is 120 Å². The second-order valence-corrected chi connectivity index (χ2v) is 32.4. The number of hydrogen-bond acceptors (Lipinski definition) is 0. The molecule has 0 radical (unpaired) electrons. The average Bonchev–Trinajstić information content (AvgIpc) is 0.671. The number of aryl methyl sites for hydroxylation is 17. The number of rotatable bonds is 14. The van der Waals surface area contributed by atoms with Gasteiger partial charge in [0.05, 0.1) is 0 Å². The molecular formula is C114H128N5+5. The monoisotopic (exact) mass is 1590 g/mol. The third kappa shape index (κ3) is 22.4. The molecule has 0 atom stereocenters. The summed E-state index contributed by atoms with van der Waals surface area (Å²) in [5, 5.41) is 0. The van der Waals surface area contributed by atoms with Crippen LogP contribution in [0.1, 0.15) is 169 Å².